The van der Waals surface area contributed by atoms with Gasteiger partial charge in [0.05, 0.1) is 13.2 Å². The van der Waals surface area contributed by atoms with Crippen molar-refractivity contribution in [2.75, 3.05) is 42.8 Å². The summed E-state index contributed by atoms with van der Waals surface area (Å²) in [5, 5.41) is 1.26. The largest absolute Gasteiger partial charge is 0.378 e. The van der Waals surface area contributed by atoms with Crippen molar-refractivity contribution in [3.05, 3.63) is 24.0 Å². The van der Waals surface area contributed by atoms with Crippen LogP contribution in [0, 0.1) is 5.82 Å². The molecule has 22 heavy (non-hydrogen) atoms. The van der Waals surface area contributed by atoms with Gasteiger partial charge in [0.2, 0.25) is 5.91 Å². The van der Waals surface area contributed by atoms with E-state index in [1.807, 2.05) is 4.90 Å². The maximum atomic E-state index is 13.7. The smallest absolute Gasteiger partial charge is 0.242 e. The fraction of sp³-hybridized carbons (Fsp3) is 0.500. The summed E-state index contributed by atoms with van der Waals surface area (Å²) in [6, 6.07) is 4.17. The van der Waals surface area contributed by atoms with Gasteiger partial charge in [-0.2, -0.15) is 0 Å². The van der Waals surface area contributed by atoms with Crippen LogP contribution in [0.3, 0.4) is 0 Å². The molecule has 1 saturated heterocycles. The second-order valence-corrected chi connectivity index (χ2v) is 7.62. The molecule has 0 spiro atoms. The van der Waals surface area contributed by atoms with Gasteiger partial charge in [-0.15, -0.1) is 0 Å². The van der Waals surface area contributed by atoms with E-state index in [4.69, 9.17) is 4.74 Å². The molecular formula is C14H19FN2O4S. The van der Waals surface area contributed by atoms with E-state index in [0.29, 0.717) is 32.0 Å². The van der Waals surface area contributed by atoms with Gasteiger partial charge in [0.1, 0.15) is 11.1 Å². The van der Waals surface area contributed by atoms with Crippen LogP contribution in [0.15, 0.2) is 18.2 Å². The first-order valence-electron chi connectivity index (χ1n) is 6.90. The Labute approximate surface area is 129 Å². The lowest BCUT2D eigenvalue weighted by atomic mass is 10.2. The van der Waals surface area contributed by atoms with E-state index in [-0.39, 0.29) is 5.69 Å². The van der Waals surface area contributed by atoms with Gasteiger partial charge in [-0.05, 0) is 25.1 Å². The van der Waals surface area contributed by atoms with Gasteiger partial charge in [-0.25, -0.2) is 12.8 Å². The monoisotopic (exact) mass is 330 g/mol. The molecule has 1 aliphatic heterocycles. The number of carbonyl (C=O) groups is 1. The van der Waals surface area contributed by atoms with Crippen molar-refractivity contribution in [3.63, 3.8) is 0 Å². The zero-order valence-electron chi connectivity index (χ0n) is 12.5. The van der Waals surface area contributed by atoms with E-state index in [0.717, 1.165) is 12.3 Å². The van der Waals surface area contributed by atoms with Crippen molar-refractivity contribution in [1.29, 1.82) is 0 Å². The van der Waals surface area contributed by atoms with Gasteiger partial charge in [0.15, 0.2) is 9.84 Å². The van der Waals surface area contributed by atoms with Crippen molar-refractivity contribution in [2.24, 2.45) is 0 Å². The lowest BCUT2D eigenvalue weighted by Crippen LogP contribution is -2.36. The highest BCUT2D eigenvalue weighted by Gasteiger charge is 2.24. The Balaban J connectivity index is 2.17. The Kier molecular flexibility index (Phi) is 5.02. The van der Waals surface area contributed by atoms with E-state index in [9.17, 15) is 17.6 Å². The van der Waals surface area contributed by atoms with Crippen molar-refractivity contribution >= 4 is 27.1 Å². The van der Waals surface area contributed by atoms with Crippen LogP contribution in [0.1, 0.15) is 6.92 Å². The van der Waals surface area contributed by atoms with Crippen LogP contribution in [0.2, 0.25) is 0 Å². The molecule has 8 heteroatoms. The maximum Gasteiger partial charge on any atom is 0.242 e. The number of anilines is 2. The Hall–Kier alpha value is -1.67. The van der Waals surface area contributed by atoms with Crippen LogP contribution in [0.4, 0.5) is 15.8 Å². The number of benzene rings is 1. The summed E-state index contributed by atoms with van der Waals surface area (Å²) < 4.78 is 41.8. The van der Waals surface area contributed by atoms with E-state index in [1.165, 1.54) is 13.0 Å². The van der Waals surface area contributed by atoms with Crippen LogP contribution >= 0.6 is 0 Å². The van der Waals surface area contributed by atoms with Gasteiger partial charge in [0.25, 0.3) is 0 Å². The minimum absolute atomic E-state index is 0.238. The van der Waals surface area contributed by atoms with Crippen LogP contribution in [0.5, 0.6) is 0 Å². The molecule has 1 aromatic carbocycles. The van der Waals surface area contributed by atoms with Crippen molar-refractivity contribution in [1.82, 2.24) is 0 Å². The topological polar surface area (TPSA) is 75.7 Å². The van der Waals surface area contributed by atoms with Gasteiger partial charge in [-0.1, -0.05) is 0 Å². The number of sulfone groups is 1. The zero-order chi connectivity index (χ0) is 16.3. The number of carbonyl (C=O) groups excluding carboxylic acids is 1. The molecule has 1 aliphatic rings. The number of hydrogen-bond acceptors (Lipinski definition) is 5. The molecule has 0 bridgehead atoms. The summed E-state index contributed by atoms with van der Waals surface area (Å²) in [7, 11) is -3.50. The van der Waals surface area contributed by atoms with Crippen molar-refractivity contribution < 1.29 is 22.3 Å². The zero-order valence-corrected chi connectivity index (χ0v) is 13.3. The lowest BCUT2D eigenvalue weighted by Gasteiger charge is -2.29. The van der Waals surface area contributed by atoms with Gasteiger partial charge in [0, 0.05) is 30.7 Å². The van der Waals surface area contributed by atoms with Crippen molar-refractivity contribution in [2.45, 2.75) is 12.2 Å². The van der Waals surface area contributed by atoms with Crippen LogP contribution in [-0.4, -0.2) is 52.1 Å². The molecular weight excluding hydrogens is 311 g/mol. The SMILES string of the molecule is C[C@@H](C(=O)Nc1cc(F)cc(N2CCOCC2)c1)S(C)(=O)=O. The quantitative estimate of drug-likeness (QED) is 0.892. The molecule has 1 N–H and O–H groups in total. The highest BCUT2D eigenvalue weighted by Crippen LogP contribution is 2.23. The predicted octanol–water partition coefficient (Wildman–Crippen LogP) is 1.03. The molecule has 1 amide bonds. The fourth-order valence-electron chi connectivity index (χ4n) is 2.09. The second-order valence-electron chi connectivity index (χ2n) is 5.26. The van der Waals surface area contributed by atoms with Gasteiger partial charge < -0.3 is 15.0 Å². The first-order chi connectivity index (χ1) is 10.3. The fourth-order valence-corrected chi connectivity index (χ4v) is 2.54. The Morgan fingerprint density at radius 2 is 1.95 bits per heavy atom. The predicted molar refractivity (Wildman–Crippen MR) is 82.4 cm³/mol. The Morgan fingerprint density at radius 1 is 1.32 bits per heavy atom. The van der Waals surface area contributed by atoms with E-state index < -0.39 is 26.8 Å². The molecule has 0 aromatic heterocycles. The van der Waals surface area contributed by atoms with Crippen LogP contribution < -0.4 is 10.2 Å². The molecule has 0 saturated carbocycles. The number of nitrogens with zero attached hydrogens (tertiary/aromatic N) is 1. The van der Waals surface area contributed by atoms with E-state index in [1.54, 1.807) is 6.07 Å². The molecule has 1 fully saturated rings. The summed E-state index contributed by atoms with van der Waals surface area (Å²) in [5.74, 6) is -1.17. The Morgan fingerprint density at radius 3 is 2.55 bits per heavy atom. The number of morpholine rings is 1. The minimum atomic E-state index is -3.50. The molecule has 0 aliphatic carbocycles. The normalized spacial score (nSPS) is 17.1. The third-order valence-corrected chi connectivity index (χ3v) is 5.04. The minimum Gasteiger partial charge on any atom is -0.378 e. The van der Waals surface area contributed by atoms with Gasteiger partial charge in [-0.3, -0.25) is 4.79 Å². The average molecular weight is 330 g/mol. The standard InChI is InChI=1S/C14H19FN2O4S/c1-10(22(2,19)20)14(18)16-12-7-11(15)8-13(9-12)17-3-5-21-6-4-17/h7-10H,3-6H2,1-2H3,(H,16,18)/t10-/m0/s1. The molecule has 2 rings (SSSR count). The highest BCUT2D eigenvalue weighted by atomic mass is 32.2. The van der Waals surface area contributed by atoms with E-state index in [2.05, 4.69) is 5.32 Å². The summed E-state index contributed by atoms with van der Waals surface area (Å²) >= 11 is 0. The van der Waals surface area contributed by atoms with Gasteiger partial charge >= 0.3 is 0 Å². The van der Waals surface area contributed by atoms with Crippen LogP contribution in [0.25, 0.3) is 0 Å². The molecule has 0 radical (unpaired) electrons. The molecule has 1 atom stereocenters. The number of hydrogen-bond donors (Lipinski definition) is 1. The van der Waals surface area contributed by atoms with E-state index >= 15 is 0 Å². The third kappa shape index (κ3) is 4.17. The third-order valence-electron chi connectivity index (χ3n) is 3.54. The van der Waals surface area contributed by atoms with Crippen LogP contribution in [-0.2, 0) is 19.4 Å². The second kappa shape index (κ2) is 6.62. The molecule has 122 valence electrons. The summed E-state index contributed by atoms with van der Waals surface area (Å²) in [6.07, 6.45) is 0.988. The molecule has 1 aromatic rings. The average Bonchev–Trinajstić information content (AvgIpc) is 2.45. The maximum absolute atomic E-state index is 13.7. The molecule has 6 nitrogen and oxygen atoms in total. The number of ether oxygens (including phenoxy) is 1. The summed E-state index contributed by atoms with van der Waals surface area (Å²) in [6.45, 7) is 3.69. The summed E-state index contributed by atoms with van der Waals surface area (Å²) in [4.78, 5) is 13.9. The first kappa shape index (κ1) is 16.7. The molecule has 1 heterocycles. The molecule has 0 unspecified atom stereocenters. The number of nitrogens with one attached hydrogen (secondary N) is 1. The number of amides is 1. The number of rotatable bonds is 4. The first-order valence-corrected chi connectivity index (χ1v) is 8.86. The Bertz CT molecular complexity index is 657. The number of halogens is 1. The lowest BCUT2D eigenvalue weighted by molar-refractivity contribution is -0.115. The highest BCUT2D eigenvalue weighted by molar-refractivity contribution is 7.92. The van der Waals surface area contributed by atoms with Crippen molar-refractivity contribution in [3.8, 4) is 0 Å². The summed E-state index contributed by atoms with van der Waals surface area (Å²) in [5.41, 5.74) is 0.868.